The largest absolute Gasteiger partial charge is 0.756 e. The minimum atomic E-state index is -4.63. The lowest BCUT2D eigenvalue weighted by Crippen LogP contribution is -2.37. The Morgan fingerprint density at radius 2 is 1.27 bits per heavy atom. The number of nitrogens with zero attached hydrogens (tertiary/aromatic N) is 1. The van der Waals surface area contributed by atoms with E-state index in [9.17, 15) is 19.0 Å². The van der Waals surface area contributed by atoms with Gasteiger partial charge >= 0.3 is 11.9 Å². The van der Waals surface area contributed by atoms with Crippen LogP contribution in [-0.4, -0.2) is 70.0 Å². The Labute approximate surface area is 273 Å². The van der Waals surface area contributed by atoms with Crippen LogP contribution in [0.4, 0.5) is 0 Å². The molecule has 2 unspecified atom stereocenters. The molecule has 10 heteroatoms. The quantitative estimate of drug-likeness (QED) is 0.0280. The van der Waals surface area contributed by atoms with Crippen molar-refractivity contribution in [2.24, 2.45) is 0 Å². The van der Waals surface area contributed by atoms with Crippen LogP contribution in [-0.2, 0) is 32.7 Å². The van der Waals surface area contributed by atoms with E-state index in [1.165, 1.54) is 25.7 Å². The standard InChI is InChI=1S/C35H60NO8P/c1-6-8-10-12-14-16-17-18-19-20-22-24-26-28-35(38)44-33(32-43-45(39,40)42-30-29-36(3,4)5)31-41-34(37)27-25-23-21-15-13-11-9-7-2/h8,10,12,14,16-20,22,33H,6-7,9,11,13,15,21,23-32H2,1-5H3/b10-8+,14-12+,17-16+,19-18+,22-20+. The summed E-state index contributed by atoms with van der Waals surface area (Å²) in [5.74, 6) is -0.936. The Bertz CT molecular complexity index is 965. The van der Waals surface area contributed by atoms with Crippen molar-refractivity contribution in [3.8, 4) is 0 Å². The molecule has 0 fully saturated rings. The maximum absolute atomic E-state index is 12.5. The Morgan fingerprint density at radius 1 is 0.711 bits per heavy atom. The lowest BCUT2D eigenvalue weighted by Gasteiger charge is -2.28. The normalized spacial score (nSPS) is 14.7. The Kier molecular flexibility index (Phi) is 26.6. The number of phosphoric ester groups is 1. The van der Waals surface area contributed by atoms with Gasteiger partial charge in [0.15, 0.2) is 6.10 Å². The summed E-state index contributed by atoms with van der Waals surface area (Å²) in [4.78, 5) is 37.0. The predicted octanol–water partition coefficient (Wildman–Crippen LogP) is 7.54. The van der Waals surface area contributed by atoms with Crippen LogP contribution in [0.15, 0.2) is 60.8 Å². The van der Waals surface area contributed by atoms with E-state index in [2.05, 4.69) is 19.9 Å². The summed E-state index contributed by atoms with van der Waals surface area (Å²) in [6, 6.07) is 0. The van der Waals surface area contributed by atoms with Crippen molar-refractivity contribution in [2.45, 2.75) is 103 Å². The van der Waals surface area contributed by atoms with E-state index in [1.54, 1.807) is 0 Å². The number of rotatable bonds is 28. The Morgan fingerprint density at radius 3 is 1.87 bits per heavy atom. The summed E-state index contributed by atoms with van der Waals surface area (Å²) in [7, 11) is 1.10. The highest BCUT2D eigenvalue weighted by atomic mass is 31.2. The van der Waals surface area contributed by atoms with Crippen LogP contribution in [0, 0.1) is 0 Å². The van der Waals surface area contributed by atoms with E-state index in [4.69, 9.17) is 18.5 Å². The summed E-state index contributed by atoms with van der Waals surface area (Å²) in [6.45, 7) is 3.90. The molecule has 0 aliphatic heterocycles. The molecule has 0 aromatic heterocycles. The first-order chi connectivity index (χ1) is 21.5. The second-order valence-corrected chi connectivity index (χ2v) is 13.3. The van der Waals surface area contributed by atoms with Gasteiger partial charge in [-0.25, -0.2) is 0 Å². The molecule has 0 aliphatic rings. The van der Waals surface area contributed by atoms with Crippen LogP contribution in [0.2, 0.25) is 0 Å². The first-order valence-electron chi connectivity index (χ1n) is 16.6. The summed E-state index contributed by atoms with van der Waals surface area (Å²) in [6.07, 6.45) is 29.9. The van der Waals surface area contributed by atoms with E-state index in [1.807, 2.05) is 75.8 Å². The van der Waals surface area contributed by atoms with Gasteiger partial charge in [0, 0.05) is 12.8 Å². The topological polar surface area (TPSA) is 111 Å². The van der Waals surface area contributed by atoms with Gasteiger partial charge in [-0.05, 0) is 25.7 Å². The fraction of sp³-hybridized carbons (Fsp3) is 0.657. The highest BCUT2D eigenvalue weighted by Gasteiger charge is 2.21. The number of allylic oxidation sites excluding steroid dienone is 10. The van der Waals surface area contributed by atoms with Crippen LogP contribution < -0.4 is 4.89 Å². The number of likely N-dealkylation sites (N-methyl/N-ethyl adjacent to an activating group) is 1. The maximum atomic E-state index is 12.5. The number of carbonyl (C=O) groups is 2. The lowest BCUT2D eigenvalue weighted by molar-refractivity contribution is -0.870. The van der Waals surface area contributed by atoms with Crippen molar-refractivity contribution < 1.29 is 42.1 Å². The van der Waals surface area contributed by atoms with Gasteiger partial charge < -0.3 is 27.9 Å². The lowest BCUT2D eigenvalue weighted by atomic mass is 10.1. The molecule has 258 valence electrons. The fourth-order valence-corrected chi connectivity index (χ4v) is 4.53. The average Bonchev–Trinajstić information content (AvgIpc) is 2.97. The molecule has 0 aromatic carbocycles. The van der Waals surface area contributed by atoms with E-state index < -0.39 is 32.5 Å². The van der Waals surface area contributed by atoms with Gasteiger partial charge in [-0.3, -0.25) is 14.2 Å². The van der Waals surface area contributed by atoms with Crippen LogP contribution in [0.1, 0.15) is 97.3 Å². The van der Waals surface area contributed by atoms with Gasteiger partial charge in [-0.2, -0.15) is 0 Å². The molecule has 0 rings (SSSR count). The number of unbranched alkanes of at least 4 members (excludes halogenated alkanes) is 8. The summed E-state index contributed by atoms with van der Waals surface area (Å²) >= 11 is 0. The van der Waals surface area contributed by atoms with Crippen LogP contribution in [0.3, 0.4) is 0 Å². The molecule has 0 radical (unpaired) electrons. The molecular weight excluding hydrogens is 593 g/mol. The van der Waals surface area contributed by atoms with Gasteiger partial charge in [-0.1, -0.05) is 120 Å². The van der Waals surface area contributed by atoms with Crippen LogP contribution in [0.25, 0.3) is 0 Å². The number of esters is 2. The third kappa shape index (κ3) is 31.5. The third-order valence-electron chi connectivity index (χ3n) is 6.43. The second-order valence-electron chi connectivity index (χ2n) is 11.9. The summed E-state index contributed by atoms with van der Waals surface area (Å²) in [5.41, 5.74) is 0. The number of carbonyl (C=O) groups excluding carboxylic acids is 2. The van der Waals surface area contributed by atoms with Crippen molar-refractivity contribution in [2.75, 3.05) is 47.5 Å². The van der Waals surface area contributed by atoms with E-state index in [0.29, 0.717) is 23.9 Å². The Hall–Kier alpha value is -2.29. The highest BCUT2D eigenvalue weighted by Crippen LogP contribution is 2.38. The van der Waals surface area contributed by atoms with Crippen molar-refractivity contribution in [3.05, 3.63) is 60.8 Å². The van der Waals surface area contributed by atoms with Gasteiger partial charge in [0.25, 0.3) is 7.82 Å². The zero-order chi connectivity index (χ0) is 33.7. The molecule has 0 N–H and O–H groups in total. The molecule has 0 aromatic rings. The molecule has 0 saturated carbocycles. The smallest absolute Gasteiger partial charge is 0.306 e. The SMILES string of the molecule is CC/C=C/C=C/C=C/C=C/C=C/CCCC(=O)OC(COC(=O)CCCCCCCCCC)COP(=O)([O-])OCC[N+](C)(C)C. The molecule has 0 aliphatic carbocycles. The molecule has 0 spiro atoms. The fourth-order valence-electron chi connectivity index (χ4n) is 3.80. The van der Waals surface area contributed by atoms with E-state index in [0.717, 1.165) is 32.1 Å². The molecular formula is C35H60NO8P. The zero-order valence-electron chi connectivity index (χ0n) is 28.5. The Balaban J connectivity index is 4.69. The van der Waals surface area contributed by atoms with E-state index in [-0.39, 0.29) is 26.1 Å². The minimum Gasteiger partial charge on any atom is -0.756 e. The van der Waals surface area contributed by atoms with Crippen molar-refractivity contribution in [1.82, 2.24) is 0 Å². The maximum Gasteiger partial charge on any atom is 0.306 e. The van der Waals surface area contributed by atoms with Crippen molar-refractivity contribution in [3.63, 3.8) is 0 Å². The van der Waals surface area contributed by atoms with Crippen LogP contribution in [0.5, 0.6) is 0 Å². The van der Waals surface area contributed by atoms with Crippen LogP contribution >= 0.6 is 7.82 Å². The van der Waals surface area contributed by atoms with Gasteiger partial charge in [0.2, 0.25) is 0 Å². The third-order valence-corrected chi connectivity index (χ3v) is 7.39. The second kappa shape index (κ2) is 28.0. The molecule has 0 heterocycles. The predicted molar refractivity (Wildman–Crippen MR) is 180 cm³/mol. The number of phosphoric acid groups is 1. The monoisotopic (exact) mass is 653 g/mol. The number of quaternary nitrogens is 1. The van der Waals surface area contributed by atoms with Gasteiger partial charge in [-0.15, -0.1) is 0 Å². The minimum absolute atomic E-state index is 0.0466. The highest BCUT2D eigenvalue weighted by molar-refractivity contribution is 7.45. The summed E-state index contributed by atoms with van der Waals surface area (Å²) < 4.78 is 33.4. The number of ether oxygens (including phenoxy) is 2. The zero-order valence-corrected chi connectivity index (χ0v) is 29.4. The molecule has 9 nitrogen and oxygen atoms in total. The molecule has 0 amide bonds. The van der Waals surface area contributed by atoms with Crippen molar-refractivity contribution >= 4 is 19.8 Å². The molecule has 2 atom stereocenters. The molecule has 0 saturated heterocycles. The number of hydrogen-bond acceptors (Lipinski definition) is 8. The molecule has 45 heavy (non-hydrogen) atoms. The number of hydrogen-bond donors (Lipinski definition) is 0. The average molecular weight is 654 g/mol. The first kappa shape index (κ1) is 42.7. The van der Waals surface area contributed by atoms with Crippen molar-refractivity contribution in [1.29, 1.82) is 0 Å². The van der Waals surface area contributed by atoms with E-state index >= 15 is 0 Å². The van der Waals surface area contributed by atoms with Gasteiger partial charge in [0.05, 0.1) is 27.7 Å². The summed E-state index contributed by atoms with van der Waals surface area (Å²) in [5, 5.41) is 0. The first-order valence-corrected chi connectivity index (χ1v) is 18.0. The molecule has 0 bridgehead atoms. The van der Waals surface area contributed by atoms with Gasteiger partial charge in [0.1, 0.15) is 19.8 Å².